The fourth-order valence-corrected chi connectivity index (χ4v) is 1.96. The monoisotopic (exact) mass is 234 g/mol. The molecule has 0 amide bonds. The summed E-state index contributed by atoms with van der Waals surface area (Å²) in [7, 11) is 0. The maximum Gasteiger partial charge on any atom is 0.162 e. The lowest BCUT2D eigenvalue weighted by Gasteiger charge is -2.07. The second-order valence-electron chi connectivity index (χ2n) is 3.06. The van der Waals surface area contributed by atoms with Crippen molar-refractivity contribution in [1.82, 2.24) is 0 Å². The van der Waals surface area contributed by atoms with E-state index in [1.807, 2.05) is 0 Å². The summed E-state index contributed by atoms with van der Waals surface area (Å²) in [5.74, 6) is -1.13. The molecule has 2 N–H and O–H groups in total. The maximum absolute atomic E-state index is 13.1. The molecule has 0 aliphatic rings. The SMILES string of the molecule is OCC(O)CSCc1cccc(F)c1F. The molecular weight excluding hydrogens is 222 g/mol. The highest BCUT2D eigenvalue weighted by molar-refractivity contribution is 7.98. The van der Waals surface area contributed by atoms with E-state index in [0.29, 0.717) is 5.75 Å². The van der Waals surface area contributed by atoms with E-state index in [9.17, 15) is 8.78 Å². The predicted octanol–water partition coefficient (Wildman–Crippen LogP) is 1.55. The van der Waals surface area contributed by atoms with Crippen LogP contribution < -0.4 is 0 Å². The second kappa shape index (κ2) is 6.05. The Morgan fingerprint density at radius 2 is 2.07 bits per heavy atom. The van der Waals surface area contributed by atoms with E-state index in [4.69, 9.17) is 10.2 Å². The van der Waals surface area contributed by atoms with Crippen molar-refractivity contribution in [2.24, 2.45) is 0 Å². The Morgan fingerprint density at radius 3 is 2.73 bits per heavy atom. The van der Waals surface area contributed by atoms with Gasteiger partial charge in [0.05, 0.1) is 12.7 Å². The molecule has 0 saturated carbocycles. The third-order valence-corrected chi connectivity index (χ3v) is 2.95. The van der Waals surface area contributed by atoms with E-state index in [1.165, 1.54) is 23.9 Å². The van der Waals surface area contributed by atoms with Gasteiger partial charge in [0, 0.05) is 17.1 Å². The van der Waals surface area contributed by atoms with Gasteiger partial charge in [0.15, 0.2) is 11.6 Å². The molecule has 0 spiro atoms. The van der Waals surface area contributed by atoms with Crippen molar-refractivity contribution in [3.63, 3.8) is 0 Å². The molecule has 0 saturated heterocycles. The summed E-state index contributed by atoms with van der Waals surface area (Å²) >= 11 is 1.25. The minimum Gasteiger partial charge on any atom is -0.394 e. The molecule has 0 radical (unpaired) electrons. The van der Waals surface area contributed by atoms with E-state index in [0.717, 1.165) is 6.07 Å². The Balaban J connectivity index is 2.47. The lowest BCUT2D eigenvalue weighted by molar-refractivity contribution is 0.113. The molecule has 1 atom stereocenters. The number of hydrogen-bond donors (Lipinski definition) is 2. The number of hydrogen-bond acceptors (Lipinski definition) is 3. The zero-order valence-corrected chi connectivity index (χ0v) is 8.81. The van der Waals surface area contributed by atoms with Crippen LogP contribution in [0.15, 0.2) is 18.2 Å². The maximum atomic E-state index is 13.1. The van der Waals surface area contributed by atoms with Crippen LogP contribution in [0.25, 0.3) is 0 Å². The fraction of sp³-hybridized carbons (Fsp3) is 0.400. The lowest BCUT2D eigenvalue weighted by Crippen LogP contribution is -2.14. The van der Waals surface area contributed by atoms with Crippen molar-refractivity contribution in [2.45, 2.75) is 11.9 Å². The number of benzene rings is 1. The summed E-state index contributed by atoms with van der Waals surface area (Å²) in [6.07, 6.45) is -0.813. The van der Waals surface area contributed by atoms with Gasteiger partial charge in [0.25, 0.3) is 0 Å². The van der Waals surface area contributed by atoms with E-state index in [1.54, 1.807) is 0 Å². The summed E-state index contributed by atoms with van der Waals surface area (Å²) in [4.78, 5) is 0. The fourth-order valence-electron chi connectivity index (χ4n) is 1.02. The molecule has 1 aromatic carbocycles. The van der Waals surface area contributed by atoms with Gasteiger partial charge < -0.3 is 10.2 Å². The summed E-state index contributed by atoms with van der Waals surface area (Å²) in [5, 5.41) is 17.6. The molecular formula is C10H12F2O2S. The van der Waals surface area contributed by atoms with Gasteiger partial charge in [-0.3, -0.25) is 0 Å². The van der Waals surface area contributed by atoms with Gasteiger partial charge in [-0.2, -0.15) is 11.8 Å². The van der Waals surface area contributed by atoms with Gasteiger partial charge >= 0.3 is 0 Å². The molecule has 1 rings (SSSR count). The summed E-state index contributed by atoms with van der Waals surface area (Å²) in [6, 6.07) is 4.00. The number of aliphatic hydroxyl groups is 2. The summed E-state index contributed by atoms with van der Waals surface area (Å²) < 4.78 is 25.9. The molecule has 0 bridgehead atoms. The third kappa shape index (κ3) is 3.77. The topological polar surface area (TPSA) is 40.5 Å². The Bertz CT molecular complexity index is 320. The van der Waals surface area contributed by atoms with Crippen LogP contribution in [0.2, 0.25) is 0 Å². The van der Waals surface area contributed by atoms with Crippen molar-refractivity contribution >= 4 is 11.8 Å². The van der Waals surface area contributed by atoms with E-state index >= 15 is 0 Å². The van der Waals surface area contributed by atoms with Crippen molar-refractivity contribution in [2.75, 3.05) is 12.4 Å². The van der Waals surface area contributed by atoms with Crippen LogP contribution in [0.1, 0.15) is 5.56 Å². The zero-order valence-electron chi connectivity index (χ0n) is 7.99. The van der Waals surface area contributed by atoms with Gasteiger partial charge in [0.1, 0.15) is 0 Å². The largest absolute Gasteiger partial charge is 0.394 e. The average molecular weight is 234 g/mol. The second-order valence-corrected chi connectivity index (χ2v) is 4.09. The van der Waals surface area contributed by atoms with E-state index in [2.05, 4.69) is 0 Å². The minimum absolute atomic E-state index is 0.269. The van der Waals surface area contributed by atoms with Crippen LogP contribution in [0, 0.1) is 11.6 Å². The normalized spacial score (nSPS) is 12.8. The molecule has 5 heteroatoms. The average Bonchev–Trinajstić information content (AvgIpc) is 2.24. The van der Waals surface area contributed by atoms with Gasteiger partial charge in [-0.25, -0.2) is 8.78 Å². The van der Waals surface area contributed by atoms with Crippen LogP contribution in [0.4, 0.5) is 8.78 Å². The Hall–Kier alpha value is -0.650. The number of halogens is 2. The molecule has 0 aromatic heterocycles. The summed E-state index contributed by atoms with van der Waals surface area (Å²) in [6.45, 7) is -0.321. The van der Waals surface area contributed by atoms with Gasteiger partial charge in [-0.1, -0.05) is 12.1 Å². The molecule has 0 heterocycles. The van der Waals surface area contributed by atoms with E-state index in [-0.39, 0.29) is 17.9 Å². The molecule has 0 aliphatic heterocycles. The Labute approximate surface area is 90.9 Å². The smallest absolute Gasteiger partial charge is 0.162 e. The first-order valence-electron chi connectivity index (χ1n) is 4.44. The Morgan fingerprint density at radius 1 is 1.33 bits per heavy atom. The standard InChI is InChI=1S/C10H12F2O2S/c11-9-3-1-2-7(10(9)12)5-15-6-8(14)4-13/h1-3,8,13-14H,4-6H2. The first-order valence-corrected chi connectivity index (χ1v) is 5.60. The minimum atomic E-state index is -0.865. The molecule has 0 aliphatic carbocycles. The molecule has 15 heavy (non-hydrogen) atoms. The van der Waals surface area contributed by atoms with Crippen molar-refractivity contribution in [3.8, 4) is 0 Å². The number of thioether (sulfide) groups is 1. The van der Waals surface area contributed by atoms with Crippen molar-refractivity contribution in [3.05, 3.63) is 35.4 Å². The van der Waals surface area contributed by atoms with Crippen molar-refractivity contribution < 1.29 is 19.0 Å². The first kappa shape index (κ1) is 12.4. The van der Waals surface area contributed by atoms with Crippen molar-refractivity contribution in [1.29, 1.82) is 0 Å². The molecule has 84 valence electrons. The molecule has 2 nitrogen and oxygen atoms in total. The molecule has 1 aromatic rings. The number of rotatable bonds is 5. The van der Waals surface area contributed by atoms with Crippen LogP contribution >= 0.6 is 11.8 Å². The third-order valence-electron chi connectivity index (χ3n) is 1.81. The lowest BCUT2D eigenvalue weighted by atomic mass is 10.2. The van der Waals surface area contributed by atoms with Crippen LogP contribution in [0.3, 0.4) is 0 Å². The summed E-state index contributed by atoms with van der Waals surface area (Å²) in [5.41, 5.74) is 0.269. The van der Waals surface area contributed by atoms with Crippen LogP contribution in [-0.4, -0.2) is 28.7 Å². The quantitative estimate of drug-likeness (QED) is 0.812. The number of aliphatic hydroxyl groups excluding tert-OH is 2. The van der Waals surface area contributed by atoms with Gasteiger partial charge in [-0.15, -0.1) is 0 Å². The van der Waals surface area contributed by atoms with E-state index < -0.39 is 17.7 Å². The molecule has 0 fully saturated rings. The predicted molar refractivity (Wildman–Crippen MR) is 55.6 cm³/mol. The van der Waals surface area contributed by atoms with Gasteiger partial charge in [0.2, 0.25) is 0 Å². The zero-order chi connectivity index (χ0) is 11.3. The highest BCUT2D eigenvalue weighted by Gasteiger charge is 2.08. The van der Waals surface area contributed by atoms with Gasteiger partial charge in [-0.05, 0) is 6.07 Å². The highest BCUT2D eigenvalue weighted by Crippen LogP contribution is 2.18. The Kier molecular flexibility index (Phi) is 5.01. The van der Waals surface area contributed by atoms with Crippen LogP contribution in [-0.2, 0) is 5.75 Å². The molecule has 1 unspecified atom stereocenters. The highest BCUT2D eigenvalue weighted by atomic mass is 32.2. The van der Waals surface area contributed by atoms with Crippen LogP contribution in [0.5, 0.6) is 0 Å². The first-order chi connectivity index (χ1) is 7.15.